The Morgan fingerprint density at radius 1 is 1.38 bits per heavy atom. The standard InChI is InChI=1S/C12H14N2S2/c1-10(13-14-12(15)16-2)8-9-11-6-4-3-5-7-11/h3-9H,1-2H3,(H,14,15)/b9-8+,13-10+. The second kappa shape index (κ2) is 7.19. The highest BCUT2D eigenvalue weighted by atomic mass is 32.2. The van der Waals surface area contributed by atoms with Crippen LogP contribution in [0.1, 0.15) is 12.5 Å². The first kappa shape index (κ1) is 12.9. The van der Waals surface area contributed by atoms with Crippen LogP contribution in [-0.4, -0.2) is 16.3 Å². The molecule has 2 nitrogen and oxygen atoms in total. The molecule has 0 saturated carbocycles. The maximum atomic E-state index is 4.97. The van der Waals surface area contributed by atoms with Gasteiger partial charge in [0.25, 0.3) is 0 Å². The molecule has 1 aromatic carbocycles. The Hall–Kier alpha value is -1.13. The van der Waals surface area contributed by atoms with Crippen molar-refractivity contribution in [3.05, 3.63) is 42.0 Å². The number of thiocarbonyl (C=S) groups is 1. The molecule has 0 radical (unpaired) electrons. The lowest BCUT2D eigenvalue weighted by atomic mass is 10.2. The van der Waals surface area contributed by atoms with E-state index in [4.69, 9.17) is 12.2 Å². The zero-order chi connectivity index (χ0) is 11.8. The first-order valence-electron chi connectivity index (χ1n) is 4.84. The highest BCUT2D eigenvalue weighted by molar-refractivity contribution is 8.22. The van der Waals surface area contributed by atoms with Gasteiger partial charge in [-0.2, -0.15) is 5.10 Å². The molecule has 0 aromatic heterocycles. The number of hydrogen-bond acceptors (Lipinski definition) is 3. The first-order valence-corrected chi connectivity index (χ1v) is 6.47. The quantitative estimate of drug-likeness (QED) is 0.506. The summed E-state index contributed by atoms with van der Waals surface area (Å²) >= 11 is 6.44. The van der Waals surface area contributed by atoms with Crippen molar-refractivity contribution < 1.29 is 0 Å². The smallest absolute Gasteiger partial charge is 0.153 e. The Bertz CT molecular complexity index is 397. The summed E-state index contributed by atoms with van der Waals surface area (Å²) < 4.78 is 0.674. The number of hydrazone groups is 1. The van der Waals surface area contributed by atoms with Crippen LogP contribution in [0.15, 0.2) is 41.5 Å². The van der Waals surface area contributed by atoms with Gasteiger partial charge in [-0.1, -0.05) is 60.4 Å². The van der Waals surface area contributed by atoms with Gasteiger partial charge in [-0.15, -0.1) is 0 Å². The van der Waals surface area contributed by atoms with E-state index in [1.807, 2.05) is 55.7 Å². The molecule has 1 aromatic rings. The average molecular weight is 250 g/mol. The highest BCUT2D eigenvalue weighted by Gasteiger charge is 1.89. The van der Waals surface area contributed by atoms with Crippen molar-refractivity contribution in [1.29, 1.82) is 0 Å². The fourth-order valence-electron chi connectivity index (χ4n) is 0.998. The van der Waals surface area contributed by atoms with E-state index in [0.717, 1.165) is 11.3 Å². The van der Waals surface area contributed by atoms with E-state index >= 15 is 0 Å². The molecule has 0 aliphatic rings. The van der Waals surface area contributed by atoms with Crippen LogP contribution >= 0.6 is 24.0 Å². The summed E-state index contributed by atoms with van der Waals surface area (Å²) in [5.41, 5.74) is 4.85. The number of nitrogens with one attached hydrogen (secondary N) is 1. The molecule has 0 spiro atoms. The summed E-state index contributed by atoms with van der Waals surface area (Å²) in [4.78, 5) is 0. The van der Waals surface area contributed by atoms with Crippen molar-refractivity contribution in [1.82, 2.24) is 5.43 Å². The second-order valence-electron chi connectivity index (χ2n) is 3.10. The molecular formula is C12H14N2S2. The normalized spacial score (nSPS) is 11.8. The Morgan fingerprint density at radius 2 is 2.06 bits per heavy atom. The summed E-state index contributed by atoms with van der Waals surface area (Å²) in [5, 5.41) is 4.13. The molecule has 0 atom stereocenters. The molecule has 0 unspecified atom stereocenters. The fraction of sp³-hybridized carbons (Fsp3) is 0.167. The number of hydrogen-bond donors (Lipinski definition) is 1. The minimum absolute atomic E-state index is 0.674. The highest BCUT2D eigenvalue weighted by Crippen LogP contribution is 2.01. The van der Waals surface area contributed by atoms with Crippen LogP contribution in [-0.2, 0) is 0 Å². The van der Waals surface area contributed by atoms with Gasteiger partial charge >= 0.3 is 0 Å². The molecule has 1 N–H and O–H groups in total. The van der Waals surface area contributed by atoms with Crippen LogP contribution in [0, 0.1) is 0 Å². The van der Waals surface area contributed by atoms with Crippen LogP contribution < -0.4 is 5.43 Å². The van der Waals surface area contributed by atoms with Gasteiger partial charge in [-0.05, 0) is 24.8 Å². The van der Waals surface area contributed by atoms with Crippen molar-refractivity contribution in [3.63, 3.8) is 0 Å². The minimum Gasteiger partial charge on any atom is -0.262 e. The Morgan fingerprint density at radius 3 is 2.69 bits per heavy atom. The topological polar surface area (TPSA) is 24.4 Å². The minimum atomic E-state index is 0.674. The molecule has 0 fully saturated rings. The van der Waals surface area contributed by atoms with Gasteiger partial charge in [0.15, 0.2) is 4.32 Å². The lowest BCUT2D eigenvalue weighted by Crippen LogP contribution is -2.11. The lowest BCUT2D eigenvalue weighted by molar-refractivity contribution is 1.06. The summed E-state index contributed by atoms with van der Waals surface area (Å²) in [6, 6.07) is 10.1. The Balaban J connectivity index is 2.54. The van der Waals surface area contributed by atoms with E-state index in [9.17, 15) is 0 Å². The van der Waals surface area contributed by atoms with Crippen LogP contribution in [0.4, 0.5) is 0 Å². The van der Waals surface area contributed by atoms with Crippen molar-refractivity contribution in [2.24, 2.45) is 5.10 Å². The third-order valence-electron chi connectivity index (χ3n) is 1.83. The van der Waals surface area contributed by atoms with Gasteiger partial charge < -0.3 is 0 Å². The molecule has 4 heteroatoms. The van der Waals surface area contributed by atoms with Crippen molar-refractivity contribution in [2.75, 3.05) is 6.26 Å². The third-order valence-corrected chi connectivity index (χ3v) is 2.88. The third kappa shape index (κ3) is 5.09. The molecule has 0 bridgehead atoms. The molecule has 0 saturated heterocycles. The molecular weight excluding hydrogens is 236 g/mol. The van der Waals surface area contributed by atoms with Crippen LogP contribution in [0.3, 0.4) is 0 Å². The molecule has 16 heavy (non-hydrogen) atoms. The SMILES string of the molecule is CSC(=S)N/N=C(C)/C=C/c1ccccc1. The number of thioether (sulfide) groups is 1. The molecule has 0 heterocycles. The number of rotatable bonds is 3. The summed E-state index contributed by atoms with van der Waals surface area (Å²) in [6.45, 7) is 1.93. The second-order valence-corrected chi connectivity index (χ2v) is 4.58. The largest absolute Gasteiger partial charge is 0.262 e. The van der Waals surface area contributed by atoms with Gasteiger partial charge in [0.2, 0.25) is 0 Å². The Labute approximate surface area is 106 Å². The summed E-state index contributed by atoms with van der Waals surface area (Å²) in [5.74, 6) is 0. The first-order chi connectivity index (χ1) is 7.72. The Kier molecular flexibility index (Phi) is 5.82. The number of benzene rings is 1. The monoisotopic (exact) mass is 250 g/mol. The number of nitrogens with zero attached hydrogens (tertiary/aromatic N) is 1. The van der Waals surface area contributed by atoms with E-state index in [1.165, 1.54) is 11.8 Å². The molecule has 0 amide bonds. The average Bonchev–Trinajstić information content (AvgIpc) is 2.34. The summed E-state index contributed by atoms with van der Waals surface area (Å²) in [7, 11) is 0. The van der Waals surface area contributed by atoms with Crippen molar-refractivity contribution >= 4 is 40.1 Å². The molecule has 0 aliphatic heterocycles. The van der Waals surface area contributed by atoms with Gasteiger partial charge in [0.1, 0.15) is 0 Å². The predicted molar refractivity (Wildman–Crippen MR) is 77.8 cm³/mol. The van der Waals surface area contributed by atoms with E-state index in [-0.39, 0.29) is 0 Å². The van der Waals surface area contributed by atoms with E-state index in [2.05, 4.69) is 10.5 Å². The van der Waals surface area contributed by atoms with Gasteiger partial charge in [0, 0.05) is 0 Å². The van der Waals surface area contributed by atoms with Gasteiger partial charge in [-0.3, -0.25) is 5.43 Å². The molecule has 0 aliphatic carbocycles. The van der Waals surface area contributed by atoms with Crippen LogP contribution in [0.5, 0.6) is 0 Å². The van der Waals surface area contributed by atoms with E-state index < -0.39 is 0 Å². The zero-order valence-electron chi connectivity index (χ0n) is 9.31. The van der Waals surface area contributed by atoms with Crippen molar-refractivity contribution in [3.8, 4) is 0 Å². The summed E-state index contributed by atoms with van der Waals surface area (Å²) in [6.07, 6.45) is 5.88. The molecule has 1 rings (SSSR count). The van der Waals surface area contributed by atoms with E-state index in [1.54, 1.807) is 0 Å². The maximum Gasteiger partial charge on any atom is 0.153 e. The number of allylic oxidation sites excluding steroid dienone is 1. The lowest BCUT2D eigenvalue weighted by Gasteiger charge is -1.98. The van der Waals surface area contributed by atoms with Crippen LogP contribution in [0.25, 0.3) is 6.08 Å². The maximum absolute atomic E-state index is 4.97. The predicted octanol–water partition coefficient (Wildman–Crippen LogP) is 3.31. The van der Waals surface area contributed by atoms with Gasteiger partial charge in [-0.25, -0.2) is 0 Å². The van der Waals surface area contributed by atoms with Crippen molar-refractivity contribution in [2.45, 2.75) is 6.92 Å². The fourth-order valence-corrected chi connectivity index (χ4v) is 1.18. The zero-order valence-corrected chi connectivity index (χ0v) is 10.9. The van der Waals surface area contributed by atoms with Crippen LogP contribution in [0.2, 0.25) is 0 Å². The molecule has 84 valence electrons. The van der Waals surface area contributed by atoms with E-state index in [0.29, 0.717) is 4.32 Å². The van der Waals surface area contributed by atoms with Gasteiger partial charge in [0.05, 0.1) is 5.71 Å².